The van der Waals surface area contributed by atoms with Crippen molar-refractivity contribution in [2.24, 2.45) is 0 Å². The second-order valence-electron chi connectivity index (χ2n) is 5.62. The summed E-state index contributed by atoms with van der Waals surface area (Å²) >= 11 is 0. The van der Waals surface area contributed by atoms with Crippen molar-refractivity contribution in [2.75, 3.05) is 14.2 Å². The first-order chi connectivity index (χ1) is 6.16. The van der Waals surface area contributed by atoms with E-state index in [9.17, 15) is 4.79 Å². The quantitative estimate of drug-likeness (QED) is 0.604. The van der Waals surface area contributed by atoms with Crippen LogP contribution in [0, 0.1) is 0 Å². The van der Waals surface area contributed by atoms with E-state index >= 15 is 0 Å². The Morgan fingerprint density at radius 2 is 1.50 bits per heavy atom. The molecule has 3 heteroatoms. The zero-order valence-electron chi connectivity index (χ0n) is 10.2. The van der Waals surface area contributed by atoms with Crippen molar-refractivity contribution in [1.29, 1.82) is 0 Å². The third-order valence-electron chi connectivity index (χ3n) is 3.93. The molecule has 0 aromatic rings. The highest BCUT2D eigenvalue weighted by atomic mass is 16.7. The molecule has 0 aliphatic carbocycles. The topological polar surface area (TPSA) is 26.3 Å². The smallest absolute Gasteiger partial charge is 0.145 e. The molecule has 82 valence electrons. The number of Topliss-reactive ketones (excluding diaryl/α,β-unsaturated/α-hetero) is 1. The van der Waals surface area contributed by atoms with Crippen LogP contribution >= 0.6 is 0 Å². The van der Waals surface area contributed by atoms with Gasteiger partial charge < -0.3 is 0 Å². The van der Waals surface area contributed by atoms with Gasteiger partial charge in [-0.15, -0.1) is 0 Å². The lowest BCUT2D eigenvalue weighted by atomic mass is 9.79. The lowest BCUT2D eigenvalue weighted by molar-refractivity contribution is -1.16. The number of rotatable bonds is 1. The molecule has 1 saturated heterocycles. The van der Waals surface area contributed by atoms with Gasteiger partial charge in [-0.05, 0) is 27.7 Å². The summed E-state index contributed by atoms with van der Waals surface area (Å²) in [7, 11) is 3.78. The third-order valence-corrected chi connectivity index (χ3v) is 3.93. The van der Waals surface area contributed by atoms with Crippen LogP contribution in [0.15, 0.2) is 0 Å². The molecule has 14 heavy (non-hydrogen) atoms. The molecule has 0 aromatic heterocycles. The number of hydrogen-bond acceptors (Lipinski definition) is 2. The van der Waals surface area contributed by atoms with Crippen molar-refractivity contribution in [3.05, 3.63) is 0 Å². The zero-order chi connectivity index (χ0) is 11.2. The van der Waals surface area contributed by atoms with Crippen molar-refractivity contribution in [2.45, 2.75) is 51.6 Å². The van der Waals surface area contributed by atoms with E-state index in [0.29, 0.717) is 23.3 Å². The number of hydrogen-bond donors (Lipinski definition) is 0. The van der Waals surface area contributed by atoms with Crippen molar-refractivity contribution in [1.82, 2.24) is 0 Å². The molecule has 0 radical (unpaired) electrons. The predicted molar refractivity (Wildman–Crippen MR) is 55.6 cm³/mol. The zero-order valence-corrected chi connectivity index (χ0v) is 10.2. The summed E-state index contributed by atoms with van der Waals surface area (Å²) in [5.74, 6) is 0.340. The van der Waals surface area contributed by atoms with Crippen LogP contribution in [0.5, 0.6) is 0 Å². The molecule has 0 spiro atoms. The van der Waals surface area contributed by atoms with Crippen LogP contribution in [0.4, 0.5) is 0 Å². The lowest BCUT2D eigenvalue weighted by Crippen LogP contribution is -2.71. The number of piperidine rings is 1. The summed E-state index contributed by atoms with van der Waals surface area (Å²) < 4.78 is 0.492. The van der Waals surface area contributed by atoms with Crippen LogP contribution in [0.1, 0.15) is 40.5 Å². The molecule has 0 bridgehead atoms. The standard InChI is InChI=1S/C11H22NO2/c1-10(2)7-9(13)8-11(3,4)12(10,5)14-6/h7-8H2,1-6H3/q+1. The van der Waals surface area contributed by atoms with E-state index in [4.69, 9.17) is 4.84 Å². The molecule has 0 atom stereocenters. The van der Waals surface area contributed by atoms with Gasteiger partial charge in [-0.25, -0.2) is 4.84 Å². The van der Waals surface area contributed by atoms with E-state index in [1.165, 1.54) is 0 Å². The summed E-state index contributed by atoms with van der Waals surface area (Å²) in [6, 6.07) is 0. The number of nitrogens with zero attached hydrogens (tertiary/aromatic N) is 1. The minimum Gasteiger partial charge on any atom is -0.299 e. The van der Waals surface area contributed by atoms with Crippen molar-refractivity contribution in [3.8, 4) is 0 Å². The minimum absolute atomic E-state index is 0.145. The second-order valence-corrected chi connectivity index (χ2v) is 5.62. The van der Waals surface area contributed by atoms with Gasteiger partial charge >= 0.3 is 0 Å². The van der Waals surface area contributed by atoms with Gasteiger partial charge in [0.15, 0.2) is 0 Å². The Bertz CT molecular complexity index is 236. The fourth-order valence-electron chi connectivity index (χ4n) is 2.64. The number of carbonyl (C=O) groups excluding carboxylic acids is 1. The number of likely N-dealkylation sites (tertiary alicyclic amines) is 1. The molecule has 1 rings (SSSR count). The number of ketones is 1. The van der Waals surface area contributed by atoms with Gasteiger partial charge in [0, 0.05) is 0 Å². The summed E-state index contributed by atoms with van der Waals surface area (Å²) in [5, 5.41) is 0. The van der Waals surface area contributed by atoms with Gasteiger partial charge in [-0.3, -0.25) is 4.79 Å². The maximum Gasteiger partial charge on any atom is 0.145 e. The van der Waals surface area contributed by atoms with Crippen LogP contribution in [0.25, 0.3) is 0 Å². The molecular weight excluding hydrogens is 178 g/mol. The minimum atomic E-state index is -0.145. The lowest BCUT2D eigenvalue weighted by Gasteiger charge is -2.55. The van der Waals surface area contributed by atoms with E-state index in [1.807, 2.05) is 0 Å². The number of carbonyl (C=O) groups is 1. The Morgan fingerprint density at radius 3 is 1.79 bits per heavy atom. The van der Waals surface area contributed by atoms with E-state index < -0.39 is 0 Å². The van der Waals surface area contributed by atoms with Crippen molar-refractivity contribution >= 4 is 5.78 Å². The van der Waals surface area contributed by atoms with Crippen LogP contribution in [-0.4, -0.2) is 35.7 Å². The van der Waals surface area contributed by atoms with Crippen molar-refractivity contribution < 1.29 is 14.3 Å². The fraction of sp³-hybridized carbons (Fsp3) is 0.909. The highest BCUT2D eigenvalue weighted by Crippen LogP contribution is 2.42. The first-order valence-corrected chi connectivity index (χ1v) is 5.10. The van der Waals surface area contributed by atoms with E-state index in [1.54, 1.807) is 7.11 Å². The first kappa shape index (κ1) is 11.7. The number of quaternary nitrogens is 1. The van der Waals surface area contributed by atoms with Crippen LogP contribution in [0.3, 0.4) is 0 Å². The molecule has 0 saturated carbocycles. The van der Waals surface area contributed by atoms with Crippen molar-refractivity contribution in [3.63, 3.8) is 0 Å². The predicted octanol–water partition coefficient (Wildman–Crippen LogP) is 1.91. The first-order valence-electron chi connectivity index (χ1n) is 5.10. The Morgan fingerprint density at radius 1 is 1.14 bits per heavy atom. The van der Waals surface area contributed by atoms with Gasteiger partial charge in [0.2, 0.25) is 0 Å². The highest BCUT2D eigenvalue weighted by Gasteiger charge is 2.58. The monoisotopic (exact) mass is 200 g/mol. The second kappa shape index (κ2) is 3.04. The maximum absolute atomic E-state index is 11.6. The third kappa shape index (κ3) is 1.39. The van der Waals surface area contributed by atoms with Gasteiger partial charge in [0.05, 0.1) is 27.0 Å². The molecule has 3 nitrogen and oxygen atoms in total. The molecular formula is C11H22NO2+. The average molecular weight is 200 g/mol. The van der Waals surface area contributed by atoms with Gasteiger partial charge in [-0.1, -0.05) is 0 Å². The van der Waals surface area contributed by atoms with E-state index in [0.717, 1.165) is 0 Å². The van der Waals surface area contributed by atoms with Crippen LogP contribution in [-0.2, 0) is 9.63 Å². The summed E-state index contributed by atoms with van der Waals surface area (Å²) in [6.45, 7) is 8.37. The molecule has 0 aromatic carbocycles. The fourth-order valence-corrected chi connectivity index (χ4v) is 2.64. The van der Waals surface area contributed by atoms with Gasteiger partial charge in [-0.2, -0.15) is 4.65 Å². The molecule has 1 fully saturated rings. The van der Waals surface area contributed by atoms with E-state index in [-0.39, 0.29) is 11.1 Å². The highest BCUT2D eigenvalue weighted by molar-refractivity contribution is 5.81. The molecule has 0 amide bonds. The normalized spacial score (nSPS) is 28.9. The summed E-state index contributed by atoms with van der Waals surface area (Å²) in [4.78, 5) is 17.3. The van der Waals surface area contributed by atoms with Gasteiger partial charge in [0.25, 0.3) is 0 Å². The number of hydroxylamine groups is 3. The van der Waals surface area contributed by atoms with Crippen LogP contribution in [0.2, 0.25) is 0 Å². The SMILES string of the molecule is CO[N+]1(C)C(C)(C)CC(=O)CC1(C)C. The molecule has 1 aliphatic rings. The van der Waals surface area contributed by atoms with E-state index in [2.05, 4.69) is 34.7 Å². The Balaban J connectivity index is 3.16. The molecule has 0 N–H and O–H groups in total. The molecule has 1 aliphatic heterocycles. The maximum atomic E-state index is 11.6. The summed E-state index contributed by atoms with van der Waals surface area (Å²) in [5.41, 5.74) is -0.291. The van der Waals surface area contributed by atoms with Crippen LogP contribution < -0.4 is 0 Å². The largest absolute Gasteiger partial charge is 0.299 e. The Kier molecular flexibility index (Phi) is 2.53. The summed E-state index contributed by atoms with van der Waals surface area (Å²) in [6.07, 6.45) is 1.20. The Labute approximate surface area is 86.6 Å². The average Bonchev–Trinajstić information content (AvgIpc) is 1.97. The van der Waals surface area contributed by atoms with Gasteiger partial charge in [0.1, 0.15) is 16.9 Å². The molecule has 0 unspecified atom stereocenters. The molecule has 1 heterocycles. The Hall–Kier alpha value is -0.410.